The molecule has 0 aliphatic carbocycles. The SMILES string of the molecule is C[C@@H](NCC[C@@H]1CCCN1C)c1cccc(N2CCOC2=O)c1. The van der Waals surface area contributed by atoms with Crippen molar-refractivity contribution in [3.63, 3.8) is 0 Å². The van der Waals surface area contributed by atoms with E-state index in [1.807, 2.05) is 12.1 Å². The fourth-order valence-corrected chi connectivity index (χ4v) is 3.52. The van der Waals surface area contributed by atoms with Crippen molar-refractivity contribution in [2.75, 3.05) is 38.2 Å². The van der Waals surface area contributed by atoms with Crippen LogP contribution in [0, 0.1) is 0 Å². The predicted octanol–water partition coefficient (Wildman–Crippen LogP) is 2.78. The Morgan fingerprint density at radius 3 is 2.96 bits per heavy atom. The first kappa shape index (κ1) is 16.3. The van der Waals surface area contributed by atoms with Gasteiger partial charge in [0.05, 0.1) is 6.54 Å². The zero-order valence-corrected chi connectivity index (χ0v) is 14.1. The number of rotatable bonds is 6. The number of nitrogens with one attached hydrogen (secondary N) is 1. The highest BCUT2D eigenvalue weighted by atomic mass is 16.6. The second-order valence-electron chi connectivity index (χ2n) is 6.60. The lowest BCUT2D eigenvalue weighted by Gasteiger charge is -2.22. The minimum Gasteiger partial charge on any atom is -0.447 e. The van der Waals surface area contributed by atoms with Crippen molar-refractivity contribution < 1.29 is 9.53 Å². The van der Waals surface area contributed by atoms with E-state index in [0.717, 1.165) is 18.3 Å². The van der Waals surface area contributed by atoms with Gasteiger partial charge in [-0.25, -0.2) is 4.79 Å². The Balaban J connectivity index is 1.54. The lowest BCUT2D eigenvalue weighted by atomic mass is 10.1. The van der Waals surface area contributed by atoms with E-state index < -0.39 is 0 Å². The van der Waals surface area contributed by atoms with Gasteiger partial charge in [-0.2, -0.15) is 0 Å². The molecule has 1 N–H and O–H groups in total. The predicted molar refractivity (Wildman–Crippen MR) is 91.8 cm³/mol. The van der Waals surface area contributed by atoms with Crippen molar-refractivity contribution in [3.8, 4) is 0 Å². The van der Waals surface area contributed by atoms with Crippen molar-refractivity contribution in [2.45, 2.75) is 38.3 Å². The molecule has 2 atom stereocenters. The Labute approximate surface area is 138 Å². The third-order valence-corrected chi connectivity index (χ3v) is 5.04. The van der Waals surface area contributed by atoms with Crippen LogP contribution in [-0.4, -0.2) is 50.3 Å². The summed E-state index contributed by atoms with van der Waals surface area (Å²) in [6, 6.07) is 9.19. The summed E-state index contributed by atoms with van der Waals surface area (Å²) in [5.74, 6) is 0. The Hall–Kier alpha value is -1.59. The molecule has 2 aliphatic heterocycles. The zero-order valence-electron chi connectivity index (χ0n) is 14.1. The molecule has 23 heavy (non-hydrogen) atoms. The number of anilines is 1. The molecule has 3 rings (SSSR count). The summed E-state index contributed by atoms with van der Waals surface area (Å²) in [7, 11) is 2.22. The molecule has 2 fully saturated rings. The highest BCUT2D eigenvalue weighted by Gasteiger charge is 2.24. The molecule has 1 amide bonds. The summed E-state index contributed by atoms with van der Waals surface area (Å²) >= 11 is 0. The van der Waals surface area contributed by atoms with Crippen molar-refractivity contribution in [2.24, 2.45) is 0 Å². The van der Waals surface area contributed by atoms with Crippen LogP contribution >= 0.6 is 0 Å². The first-order valence-corrected chi connectivity index (χ1v) is 8.63. The van der Waals surface area contributed by atoms with Gasteiger partial charge in [-0.3, -0.25) is 4.90 Å². The molecule has 2 aliphatic rings. The van der Waals surface area contributed by atoms with Crippen molar-refractivity contribution >= 4 is 11.8 Å². The number of hydrogen-bond acceptors (Lipinski definition) is 4. The number of benzene rings is 1. The molecule has 126 valence electrons. The molecule has 2 heterocycles. The van der Waals surface area contributed by atoms with Crippen LogP contribution < -0.4 is 10.2 Å². The van der Waals surface area contributed by atoms with Crippen LogP contribution in [-0.2, 0) is 4.74 Å². The van der Waals surface area contributed by atoms with Gasteiger partial charge in [-0.05, 0) is 64.0 Å². The van der Waals surface area contributed by atoms with Gasteiger partial charge in [0.1, 0.15) is 6.61 Å². The lowest BCUT2D eigenvalue weighted by molar-refractivity contribution is 0.181. The van der Waals surface area contributed by atoms with E-state index in [9.17, 15) is 4.79 Å². The average Bonchev–Trinajstić information content (AvgIpc) is 3.16. The summed E-state index contributed by atoms with van der Waals surface area (Å²) in [6.45, 7) is 5.55. The molecule has 0 radical (unpaired) electrons. The second-order valence-corrected chi connectivity index (χ2v) is 6.60. The number of likely N-dealkylation sites (tertiary alicyclic amines) is 1. The quantitative estimate of drug-likeness (QED) is 0.876. The number of ether oxygens (including phenoxy) is 1. The Morgan fingerprint density at radius 2 is 2.26 bits per heavy atom. The fourth-order valence-electron chi connectivity index (χ4n) is 3.52. The molecule has 0 spiro atoms. The van der Waals surface area contributed by atoms with Crippen molar-refractivity contribution in [3.05, 3.63) is 29.8 Å². The average molecular weight is 317 g/mol. The molecular formula is C18H27N3O2. The summed E-state index contributed by atoms with van der Waals surface area (Å²) in [5.41, 5.74) is 2.14. The maximum absolute atomic E-state index is 11.7. The number of amides is 1. The van der Waals surface area contributed by atoms with Gasteiger partial charge in [-0.15, -0.1) is 0 Å². The van der Waals surface area contributed by atoms with Gasteiger partial charge in [0, 0.05) is 17.8 Å². The minimum atomic E-state index is -0.243. The molecule has 5 nitrogen and oxygen atoms in total. The smallest absolute Gasteiger partial charge is 0.414 e. The van der Waals surface area contributed by atoms with E-state index in [2.05, 4.69) is 36.3 Å². The second kappa shape index (κ2) is 7.32. The van der Waals surface area contributed by atoms with Crippen LogP contribution in [0.25, 0.3) is 0 Å². The van der Waals surface area contributed by atoms with Crippen molar-refractivity contribution in [1.29, 1.82) is 0 Å². The van der Waals surface area contributed by atoms with E-state index in [-0.39, 0.29) is 12.1 Å². The van der Waals surface area contributed by atoms with Gasteiger partial charge in [-0.1, -0.05) is 12.1 Å². The van der Waals surface area contributed by atoms with Gasteiger partial charge in [0.2, 0.25) is 0 Å². The highest BCUT2D eigenvalue weighted by Crippen LogP contribution is 2.23. The lowest BCUT2D eigenvalue weighted by Crippen LogP contribution is -2.30. The molecule has 0 bridgehead atoms. The van der Waals surface area contributed by atoms with Crippen LogP contribution in [0.2, 0.25) is 0 Å². The molecular weight excluding hydrogens is 290 g/mol. The van der Waals surface area contributed by atoms with Crippen LogP contribution in [0.4, 0.5) is 10.5 Å². The van der Waals surface area contributed by atoms with E-state index in [1.165, 1.54) is 31.4 Å². The van der Waals surface area contributed by atoms with Gasteiger partial charge < -0.3 is 15.0 Å². The number of carbonyl (C=O) groups excluding carboxylic acids is 1. The molecule has 0 aromatic heterocycles. The first-order valence-electron chi connectivity index (χ1n) is 8.63. The standard InChI is InChI=1S/C18H27N3O2/c1-14(19-9-8-16-7-4-10-20(16)2)15-5-3-6-17(13-15)21-11-12-23-18(21)22/h3,5-6,13-14,16,19H,4,7-12H2,1-2H3/t14-,16+/m1/s1. The maximum atomic E-state index is 11.7. The first-order chi connectivity index (χ1) is 11.1. The fraction of sp³-hybridized carbons (Fsp3) is 0.611. The molecule has 5 heteroatoms. The molecule has 1 aromatic carbocycles. The van der Waals surface area contributed by atoms with Crippen LogP contribution in [0.15, 0.2) is 24.3 Å². The summed E-state index contributed by atoms with van der Waals surface area (Å²) in [6.07, 6.45) is 3.59. The maximum Gasteiger partial charge on any atom is 0.414 e. The largest absolute Gasteiger partial charge is 0.447 e. The van der Waals surface area contributed by atoms with Gasteiger partial charge in [0.15, 0.2) is 0 Å². The molecule has 0 saturated carbocycles. The number of hydrogen-bond donors (Lipinski definition) is 1. The monoisotopic (exact) mass is 317 g/mol. The van der Waals surface area contributed by atoms with Crippen LogP contribution in [0.3, 0.4) is 0 Å². The molecule has 0 unspecified atom stereocenters. The van der Waals surface area contributed by atoms with E-state index >= 15 is 0 Å². The van der Waals surface area contributed by atoms with E-state index in [4.69, 9.17) is 4.74 Å². The van der Waals surface area contributed by atoms with Gasteiger partial charge in [0.25, 0.3) is 0 Å². The summed E-state index contributed by atoms with van der Waals surface area (Å²) in [5, 5.41) is 3.61. The minimum absolute atomic E-state index is 0.243. The molecule has 1 aromatic rings. The summed E-state index contributed by atoms with van der Waals surface area (Å²) in [4.78, 5) is 15.9. The topological polar surface area (TPSA) is 44.8 Å². The van der Waals surface area contributed by atoms with Crippen molar-refractivity contribution in [1.82, 2.24) is 10.2 Å². The van der Waals surface area contributed by atoms with E-state index in [1.54, 1.807) is 4.90 Å². The van der Waals surface area contributed by atoms with Crippen LogP contribution in [0.1, 0.15) is 37.8 Å². The normalized spacial score (nSPS) is 23.3. The number of cyclic esters (lactones) is 1. The third kappa shape index (κ3) is 3.85. The number of carbonyl (C=O) groups is 1. The third-order valence-electron chi connectivity index (χ3n) is 5.04. The number of nitrogens with zero attached hydrogens (tertiary/aromatic N) is 2. The summed E-state index contributed by atoms with van der Waals surface area (Å²) < 4.78 is 5.02. The van der Waals surface area contributed by atoms with Crippen LogP contribution in [0.5, 0.6) is 0 Å². The Bertz CT molecular complexity index is 549. The zero-order chi connectivity index (χ0) is 16.2. The Kier molecular flexibility index (Phi) is 5.18. The highest BCUT2D eigenvalue weighted by molar-refractivity contribution is 5.89. The van der Waals surface area contributed by atoms with Gasteiger partial charge >= 0.3 is 6.09 Å². The molecule has 2 saturated heterocycles. The Morgan fingerprint density at radius 1 is 1.39 bits per heavy atom. The van der Waals surface area contributed by atoms with E-state index in [0.29, 0.717) is 13.2 Å².